The Bertz CT molecular complexity index is 1080. The molecule has 0 heterocycles. The van der Waals surface area contributed by atoms with Crippen molar-refractivity contribution in [1.29, 1.82) is 0 Å². The molecule has 0 saturated heterocycles. The van der Waals surface area contributed by atoms with Crippen molar-refractivity contribution in [3.63, 3.8) is 0 Å². The van der Waals surface area contributed by atoms with Crippen molar-refractivity contribution in [2.75, 3.05) is 62.6 Å². The number of halogens is 1. The molecule has 1 aromatic rings. The van der Waals surface area contributed by atoms with E-state index in [9.17, 15) is 31.7 Å². The van der Waals surface area contributed by atoms with E-state index < -0.39 is 36.8 Å². The number of hydrogen-bond donors (Lipinski definition) is 0. The number of nitro groups is 1. The molecule has 15 heteroatoms. The molecule has 0 N–H and O–H groups in total. The summed E-state index contributed by atoms with van der Waals surface area (Å²) in [6.07, 6.45) is 1.58. The molecular formula is C20H32BrN3O9S2. The number of methoxy groups -OCH3 is 1. The second-order valence-electron chi connectivity index (χ2n) is 7.62. The third-order valence-electron chi connectivity index (χ3n) is 5.10. The Hall–Kier alpha value is -1.65. The molecule has 1 unspecified atom stereocenters. The molecular weight excluding hydrogens is 570 g/mol. The van der Waals surface area contributed by atoms with Crippen molar-refractivity contribution in [1.82, 2.24) is 4.90 Å². The Morgan fingerprint density at radius 3 is 2.34 bits per heavy atom. The first-order chi connectivity index (χ1) is 16.3. The average molecular weight is 603 g/mol. The minimum absolute atomic E-state index is 0.00891. The Morgan fingerprint density at radius 1 is 1.20 bits per heavy atom. The zero-order valence-corrected chi connectivity index (χ0v) is 23.4. The van der Waals surface area contributed by atoms with E-state index in [-0.39, 0.29) is 41.6 Å². The van der Waals surface area contributed by atoms with Crippen LogP contribution in [0.2, 0.25) is 0 Å². The maximum absolute atomic E-state index is 12.9. The van der Waals surface area contributed by atoms with Crippen molar-refractivity contribution in [3.05, 3.63) is 27.8 Å². The zero-order chi connectivity index (χ0) is 26.8. The standard InChI is InChI=1S/C20H32BrN3O9S2/c1-5-35(30,31)19-15-17(24(26)27)16(20(32-3)22(2)9-6-7-12-25)14-18(19)23(10-8-21)11-13-33-34(4,28)29/h12,14-15,20H,5-11,13H2,1-4H3. The number of benzene rings is 1. The number of hydrogen-bond acceptors (Lipinski definition) is 11. The van der Waals surface area contributed by atoms with E-state index in [0.29, 0.717) is 24.7 Å². The SMILES string of the molecule is CCS(=O)(=O)c1cc([N+](=O)[O-])c(C(OC)N(C)CCCC=O)cc1N(CCBr)CCOS(C)(=O)=O. The van der Waals surface area contributed by atoms with Crippen LogP contribution in [0.4, 0.5) is 11.4 Å². The summed E-state index contributed by atoms with van der Waals surface area (Å²) in [5, 5.41) is 12.4. The molecule has 1 aromatic carbocycles. The minimum Gasteiger partial charge on any atom is -0.367 e. The first kappa shape index (κ1) is 31.4. The highest BCUT2D eigenvalue weighted by atomic mass is 79.9. The minimum atomic E-state index is -3.90. The van der Waals surface area contributed by atoms with E-state index >= 15 is 0 Å². The second kappa shape index (κ2) is 14.2. The van der Waals surface area contributed by atoms with Gasteiger partial charge in [-0.2, -0.15) is 8.42 Å². The van der Waals surface area contributed by atoms with Crippen LogP contribution in [-0.2, 0) is 33.7 Å². The Kier molecular flexibility index (Phi) is 12.7. The lowest BCUT2D eigenvalue weighted by atomic mass is 10.1. The molecule has 1 rings (SSSR count). The van der Waals surface area contributed by atoms with Gasteiger partial charge >= 0.3 is 0 Å². The number of aldehydes is 1. The number of alkyl halides is 1. The lowest BCUT2D eigenvalue weighted by Crippen LogP contribution is -2.32. The Balaban J connectivity index is 3.74. The van der Waals surface area contributed by atoms with E-state index in [1.807, 2.05) is 0 Å². The maximum Gasteiger partial charge on any atom is 0.278 e. The van der Waals surface area contributed by atoms with Gasteiger partial charge in [0.15, 0.2) is 9.84 Å². The van der Waals surface area contributed by atoms with Gasteiger partial charge in [0.1, 0.15) is 12.5 Å². The summed E-state index contributed by atoms with van der Waals surface area (Å²) in [6, 6.07) is 2.42. The molecule has 0 amide bonds. The molecule has 0 aromatic heterocycles. The highest BCUT2D eigenvalue weighted by Crippen LogP contribution is 2.38. The summed E-state index contributed by atoms with van der Waals surface area (Å²) in [6.45, 7) is 1.85. The number of unbranched alkanes of at least 4 members (excludes halogenated alkanes) is 1. The van der Waals surface area contributed by atoms with Gasteiger partial charge in [-0.3, -0.25) is 19.2 Å². The van der Waals surface area contributed by atoms with Crippen molar-refractivity contribution in [3.8, 4) is 0 Å². The fraction of sp³-hybridized carbons (Fsp3) is 0.650. The molecule has 12 nitrogen and oxygen atoms in total. The second-order valence-corrected chi connectivity index (χ2v) is 12.3. The number of rotatable bonds is 17. The summed E-state index contributed by atoms with van der Waals surface area (Å²) in [5.41, 5.74) is -0.131. The number of anilines is 1. The topological polar surface area (TPSA) is 153 Å². The van der Waals surface area contributed by atoms with Crippen molar-refractivity contribution in [2.45, 2.75) is 30.9 Å². The van der Waals surface area contributed by atoms with Crippen LogP contribution in [0.3, 0.4) is 0 Å². The van der Waals surface area contributed by atoms with E-state index in [2.05, 4.69) is 15.9 Å². The van der Waals surface area contributed by atoms with Gasteiger partial charge in [-0.15, -0.1) is 0 Å². The van der Waals surface area contributed by atoms with Crippen LogP contribution in [0.1, 0.15) is 31.6 Å². The fourth-order valence-electron chi connectivity index (χ4n) is 3.42. The molecule has 0 fully saturated rings. The first-order valence-corrected chi connectivity index (χ1v) is 15.3. The van der Waals surface area contributed by atoms with Gasteiger partial charge in [-0.1, -0.05) is 22.9 Å². The van der Waals surface area contributed by atoms with Gasteiger partial charge in [-0.25, -0.2) is 8.42 Å². The van der Waals surface area contributed by atoms with Crippen molar-refractivity contribution in [2.24, 2.45) is 0 Å². The van der Waals surface area contributed by atoms with Crippen LogP contribution in [0.15, 0.2) is 17.0 Å². The average Bonchev–Trinajstić information content (AvgIpc) is 2.77. The number of nitrogens with zero attached hydrogens (tertiary/aromatic N) is 3. The summed E-state index contributed by atoms with van der Waals surface area (Å²) in [5.74, 6) is -0.294. The van der Waals surface area contributed by atoms with E-state index in [4.69, 9.17) is 8.92 Å². The molecule has 0 bridgehead atoms. The van der Waals surface area contributed by atoms with Crippen LogP contribution in [-0.4, -0.2) is 90.7 Å². The third-order valence-corrected chi connectivity index (χ3v) is 7.80. The molecule has 0 saturated carbocycles. The molecule has 0 aliphatic carbocycles. The van der Waals surface area contributed by atoms with E-state index in [1.54, 1.807) is 16.8 Å². The molecule has 0 aliphatic rings. The van der Waals surface area contributed by atoms with Gasteiger partial charge in [0, 0.05) is 44.6 Å². The van der Waals surface area contributed by atoms with E-state index in [0.717, 1.165) is 18.6 Å². The lowest BCUT2D eigenvalue weighted by molar-refractivity contribution is -0.386. The predicted octanol–water partition coefficient (Wildman–Crippen LogP) is 2.12. The van der Waals surface area contributed by atoms with Crippen molar-refractivity contribution < 1.29 is 35.5 Å². The first-order valence-electron chi connectivity index (χ1n) is 10.7. The maximum atomic E-state index is 12.9. The van der Waals surface area contributed by atoms with Gasteiger partial charge < -0.3 is 14.4 Å². The molecule has 0 aliphatic heterocycles. The normalized spacial score (nSPS) is 13.1. The number of nitro benzene ring substituents is 1. The summed E-state index contributed by atoms with van der Waals surface area (Å²) < 4.78 is 59.0. The quantitative estimate of drug-likeness (QED) is 0.0490. The molecule has 0 spiro atoms. The summed E-state index contributed by atoms with van der Waals surface area (Å²) in [7, 11) is -4.58. The molecule has 1 atom stereocenters. The van der Waals surface area contributed by atoms with Gasteiger partial charge in [-0.05, 0) is 19.5 Å². The van der Waals surface area contributed by atoms with Crippen LogP contribution in [0.5, 0.6) is 0 Å². The van der Waals surface area contributed by atoms with Gasteiger partial charge in [0.25, 0.3) is 15.8 Å². The third kappa shape index (κ3) is 9.38. The highest BCUT2D eigenvalue weighted by molar-refractivity contribution is 9.09. The van der Waals surface area contributed by atoms with Crippen LogP contribution < -0.4 is 4.90 Å². The highest BCUT2D eigenvalue weighted by Gasteiger charge is 2.32. The molecule has 0 radical (unpaired) electrons. The molecule has 200 valence electrons. The van der Waals surface area contributed by atoms with Gasteiger partial charge in [0.2, 0.25) is 0 Å². The predicted molar refractivity (Wildman–Crippen MR) is 135 cm³/mol. The summed E-state index contributed by atoms with van der Waals surface area (Å²) in [4.78, 5) is 25.0. The fourth-order valence-corrected chi connectivity index (χ4v) is 5.33. The smallest absolute Gasteiger partial charge is 0.278 e. The Labute approximate surface area is 214 Å². The number of ether oxygens (including phenoxy) is 1. The van der Waals surface area contributed by atoms with Crippen molar-refractivity contribution >= 4 is 53.5 Å². The summed E-state index contributed by atoms with van der Waals surface area (Å²) >= 11 is 3.31. The monoisotopic (exact) mass is 601 g/mol. The van der Waals surface area contributed by atoms with Crippen LogP contribution >= 0.6 is 15.9 Å². The number of carbonyl (C=O) groups excluding carboxylic acids is 1. The van der Waals surface area contributed by atoms with Crippen LogP contribution in [0, 0.1) is 10.1 Å². The zero-order valence-electron chi connectivity index (χ0n) is 20.2. The number of carbonyl (C=O) groups is 1. The Morgan fingerprint density at radius 2 is 1.86 bits per heavy atom. The van der Waals surface area contributed by atoms with Gasteiger partial charge in [0.05, 0.1) is 39.7 Å². The molecule has 35 heavy (non-hydrogen) atoms. The number of sulfone groups is 1. The lowest BCUT2D eigenvalue weighted by Gasteiger charge is -2.30. The largest absolute Gasteiger partial charge is 0.367 e. The van der Waals surface area contributed by atoms with Crippen LogP contribution in [0.25, 0.3) is 0 Å². The van der Waals surface area contributed by atoms with E-state index in [1.165, 1.54) is 20.1 Å².